The third-order valence-corrected chi connectivity index (χ3v) is 3.37. The highest BCUT2D eigenvalue weighted by Gasteiger charge is 2.05. The lowest BCUT2D eigenvalue weighted by Crippen LogP contribution is -2.25. The number of hydrogen-bond acceptors (Lipinski definition) is 2. The molecule has 2 rings (SSSR count). The molecule has 1 unspecified atom stereocenters. The highest BCUT2D eigenvalue weighted by atomic mass is 35.5. The molecule has 0 heterocycles. The molecule has 2 N–H and O–H groups in total. The Hall–Kier alpha value is -1.51. The van der Waals surface area contributed by atoms with E-state index < -0.39 is 0 Å². The van der Waals surface area contributed by atoms with Gasteiger partial charge in [0.2, 0.25) is 0 Å². The van der Waals surface area contributed by atoms with Gasteiger partial charge in [-0.05, 0) is 55.2 Å². The third-order valence-electron chi connectivity index (χ3n) is 3.13. The van der Waals surface area contributed by atoms with Crippen LogP contribution in [0.2, 0.25) is 5.02 Å². The molecule has 106 valence electrons. The van der Waals surface area contributed by atoms with Gasteiger partial charge in [-0.2, -0.15) is 0 Å². The third kappa shape index (κ3) is 4.87. The van der Waals surface area contributed by atoms with Gasteiger partial charge in [0, 0.05) is 11.1 Å². The Morgan fingerprint density at radius 2 is 1.95 bits per heavy atom. The van der Waals surface area contributed by atoms with Crippen molar-refractivity contribution < 1.29 is 4.74 Å². The van der Waals surface area contributed by atoms with Crippen molar-refractivity contribution in [1.29, 1.82) is 0 Å². The second-order valence-corrected chi connectivity index (χ2v) is 5.48. The maximum absolute atomic E-state index is 6.13. The van der Waals surface area contributed by atoms with Gasteiger partial charge in [0.15, 0.2) is 0 Å². The van der Waals surface area contributed by atoms with Crippen LogP contribution >= 0.6 is 11.6 Å². The first-order chi connectivity index (χ1) is 9.63. The average Bonchev–Trinajstić information content (AvgIpc) is 2.38. The maximum Gasteiger partial charge on any atom is 0.119 e. The normalized spacial score (nSPS) is 12.2. The van der Waals surface area contributed by atoms with Crippen LogP contribution in [0.5, 0.6) is 5.75 Å². The molecule has 0 aliphatic rings. The molecule has 2 aromatic rings. The van der Waals surface area contributed by atoms with Gasteiger partial charge < -0.3 is 10.5 Å². The van der Waals surface area contributed by atoms with Gasteiger partial charge in [-0.15, -0.1) is 0 Å². The molecular formula is C17H20ClNO. The zero-order chi connectivity index (χ0) is 14.4. The summed E-state index contributed by atoms with van der Waals surface area (Å²) in [5, 5.41) is 0.755. The smallest absolute Gasteiger partial charge is 0.119 e. The predicted octanol–water partition coefficient (Wildman–Crippen LogP) is 3.99. The lowest BCUT2D eigenvalue weighted by atomic mass is 10.0. The van der Waals surface area contributed by atoms with E-state index in [1.807, 2.05) is 42.5 Å². The fourth-order valence-corrected chi connectivity index (χ4v) is 2.31. The second-order valence-electron chi connectivity index (χ2n) is 5.05. The number of rotatable bonds is 6. The van der Waals surface area contributed by atoms with Gasteiger partial charge in [0.05, 0.1) is 6.61 Å². The van der Waals surface area contributed by atoms with E-state index in [4.69, 9.17) is 22.1 Å². The van der Waals surface area contributed by atoms with Crippen molar-refractivity contribution >= 4 is 11.6 Å². The highest BCUT2D eigenvalue weighted by molar-refractivity contribution is 6.30. The van der Waals surface area contributed by atoms with Crippen molar-refractivity contribution in [2.24, 2.45) is 5.73 Å². The van der Waals surface area contributed by atoms with Gasteiger partial charge in [-0.25, -0.2) is 0 Å². The number of halogens is 1. The summed E-state index contributed by atoms with van der Waals surface area (Å²) in [4.78, 5) is 0. The first-order valence-corrected chi connectivity index (χ1v) is 7.21. The van der Waals surface area contributed by atoms with Gasteiger partial charge in [-0.1, -0.05) is 35.9 Å². The van der Waals surface area contributed by atoms with Gasteiger partial charge in [0.1, 0.15) is 5.75 Å². The summed E-state index contributed by atoms with van der Waals surface area (Å²) in [5.74, 6) is 0.903. The van der Waals surface area contributed by atoms with Crippen molar-refractivity contribution in [1.82, 2.24) is 0 Å². The van der Waals surface area contributed by atoms with Gasteiger partial charge in [-0.3, -0.25) is 0 Å². The fraction of sp³-hybridized carbons (Fsp3) is 0.294. The number of nitrogens with two attached hydrogens (primary N) is 1. The minimum absolute atomic E-state index is 0.0817. The standard InChI is InChI=1S/C17H20ClNO/c1-13-4-2-7-17(10-13)20-9-8-16(19)12-14-5-3-6-15(18)11-14/h2-7,10-11,16H,8-9,12,19H2,1H3. The van der Waals surface area contributed by atoms with Crippen LogP contribution < -0.4 is 10.5 Å². The van der Waals surface area contributed by atoms with Crippen molar-refractivity contribution in [2.45, 2.75) is 25.8 Å². The highest BCUT2D eigenvalue weighted by Crippen LogP contribution is 2.14. The summed E-state index contributed by atoms with van der Waals surface area (Å²) in [5.41, 5.74) is 8.49. The molecule has 3 heteroatoms. The van der Waals surface area contributed by atoms with E-state index in [1.165, 1.54) is 11.1 Å². The van der Waals surface area contributed by atoms with Gasteiger partial charge >= 0.3 is 0 Å². The summed E-state index contributed by atoms with van der Waals surface area (Å²) < 4.78 is 5.71. The minimum atomic E-state index is 0.0817. The van der Waals surface area contributed by atoms with Crippen LogP contribution in [0.25, 0.3) is 0 Å². The average molecular weight is 290 g/mol. The molecular weight excluding hydrogens is 270 g/mol. The Morgan fingerprint density at radius 1 is 1.15 bits per heavy atom. The molecule has 0 aliphatic heterocycles. The van der Waals surface area contributed by atoms with E-state index in [1.54, 1.807) is 0 Å². The largest absolute Gasteiger partial charge is 0.494 e. The number of benzene rings is 2. The minimum Gasteiger partial charge on any atom is -0.494 e. The molecule has 0 spiro atoms. The Morgan fingerprint density at radius 3 is 2.70 bits per heavy atom. The monoisotopic (exact) mass is 289 g/mol. The summed E-state index contributed by atoms with van der Waals surface area (Å²) in [7, 11) is 0. The first kappa shape index (κ1) is 14.9. The molecule has 2 nitrogen and oxygen atoms in total. The zero-order valence-electron chi connectivity index (χ0n) is 11.7. The summed E-state index contributed by atoms with van der Waals surface area (Å²) in [6, 6.07) is 16.0. The number of hydrogen-bond donors (Lipinski definition) is 1. The lowest BCUT2D eigenvalue weighted by molar-refractivity contribution is 0.297. The van der Waals surface area contributed by atoms with Crippen LogP contribution in [0.1, 0.15) is 17.5 Å². The van der Waals surface area contributed by atoms with E-state index >= 15 is 0 Å². The molecule has 0 bridgehead atoms. The van der Waals surface area contributed by atoms with Crippen LogP contribution in [0.3, 0.4) is 0 Å². The van der Waals surface area contributed by atoms with E-state index in [0.717, 1.165) is 23.6 Å². The Balaban J connectivity index is 1.76. The van der Waals surface area contributed by atoms with Crippen molar-refractivity contribution in [3.05, 3.63) is 64.7 Å². The summed E-state index contributed by atoms with van der Waals surface area (Å²) in [6.07, 6.45) is 1.64. The van der Waals surface area contributed by atoms with Crippen molar-refractivity contribution in [3.63, 3.8) is 0 Å². The molecule has 2 aromatic carbocycles. The van der Waals surface area contributed by atoms with Crippen LogP contribution in [0.15, 0.2) is 48.5 Å². The van der Waals surface area contributed by atoms with E-state index in [0.29, 0.717) is 6.61 Å². The first-order valence-electron chi connectivity index (χ1n) is 6.83. The summed E-state index contributed by atoms with van der Waals surface area (Å²) in [6.45, 7) is 2.68. The molecule has 0 fully saturated rings. The van der Waals surface area contributed by atoms with E-state index in [9.17, 15) is 0 Å². The molecule has 0 amide bonds. The van der Waals surface area contributed by atoms with Crippen LogP contribution in [-0.2, 0) is 6.42 Å². The summed E-state index contributed by atoms with van der Waals surface area (Å²) >= 11 is 5.96. The zero-order valence-corrected chi connectivity index (χ0v) is 12.4. The Kier molecular flexibility index (Phi) is 5.45. The Bertz CT molecular complexity index is 556. The Labute approximate surface area is 125 Å². The number of ether oxygens (including phenoxy) is 1. The van der Waals surface area contributed by atoms with Crippen LogP contribution in [0, 0.1) is 6.92 Å². The molecule has 0 saturated carbocycles. The van der Waals surface area contributed by atoms with E-state index in [-0.39, 0.29) is 6.04 Å². The van der Waals surface area contributed by atoms with E-state index in [2.05, 4.69) is 13.0 Å². The fourth-order valence-electron chi connectivity index (χ4n) is 2.10. The molecule has 0 aromatic heterocycles. The maximum atomic E-state index is 6.13. The lowest BCUT2D eigenvalue weighted by Gasteiger charge is -2.13. The quantitative estimate of drug-likeness (QED) is 0.873. The molecule has 0 saturated heterocycles. The van der Waals surface area contributed by atoms with Crippen molar-refractivity contribution in [2.75, 3.05) is 6.61 Å². The topological polar surface area (TPSA) is 35.2 Å². The SMILES string of the molecule is Cc1cccc(OCCC(N)Cc2cccc(Cl)c2)c1. The molecule has 1 atom stereocenters. The predicted molar refractivity (Wildman–Crippen MR) is 84.4 cm³/mol. The van der Waals surface area contributed by atoms with Crippen LogP contribution in [-0.4, -0.2) is 12.6 Å². The molecule has 0 radical (unpaired) electrons. The second kappa shape index (κ2) is 7.32. The van der Waals surface area contributed by atoms with Crippen LogP contribution in [0.4, 0.5) is 0 Å². The molecule has 0 aliphatic carbocycles. The van der Waals surface area contributed by atoms with Gasteiger partial charge in [0.25, 0.3) is 0 Å². The van der Waals surface area contributed by atoms with Crippen molar-refractivity contribution in [3.8, 4) is 5.75 Å². The molecule has 20 heavy (non-hydrogen) atoms. The number of aryl methyl sites for hydroxylation is 1.